The predicted octanol–water partition coefficient (Wildman–Crippen LogP) is 1.63. The van der Waals surface area contributed by atoms with Crippen LogP contribution in [0.1, 0.15) is 23.6 Å². The van der Waals surface area contributed by atoms with E-state index in [-0.39, 0.29) is 17.9 Å². The largest absolute Gasteiger partial charge is 0.496 e. The molecule has 0 saturated carbocycles. The molecule has 0 heterocycles. The second-order valence-corrected chi connectivity index (χ2v) is 3.43. The van der Waals surface area contributed by atoms with Gasteiger partial charge in [-0.15, -0.1) is 0 Å². The Morgan fingerprint density at radius 3 is 2.12 bits per heavy atom. The molecule has 0 spiro atoms. The third-order valence-electron chi connectivity index (χ3n) is 2.41. The molecule has 1 aromatic rings. The molecule has 0 aliphatic heterocycles. The first kappa shape index (κ1) is 13.7. The van der Waals surface area contributed by atoms with Crippen molar-refractivity contribution in [3.63, 3.8) is 0 Å². The number of hydrogen-bond donors (Lipinski definition) is 2. The van der Waals surface area contributed by atoms with E-state index < -0.39 is 12.5 Å². The Balaban J connectivity index is 3.33. The van der Waals surface area contributed by atoms with Gasteiger partial charge in [0.15, 0.2) is 0 Å². The zero-order valence-corrected chi connectivity index (χ0v) is 9.61. The molecule has 1 atom stereocenters. The highest BCUT2D eigenvalue weighted by molar-refractivity contribution is 5.48. The number of methoxy groups -OCH3 is 2. The summed E-state index contributed by atoms with van der Waals surface area (Å²) in [6.07, 6.45) is -2.68. The first-order chi connectivity index (χ1) is 8.04. The molecule has 0 aliphatic rings. The number of hydrogen-bond acceptors (Lipinski definition) is 4. The molecule has 0 radical (unpaired) electrons. The van der Waals surface area contributed by atoms with Gasteiger partial charge in [-0.05, 0) is 6.07 Å². The summed E-state index contributed by atoms with van der Waals surface area (Å²) in [5.74, 6) is 0.346. The molecule has 3 N–H and O–H groups in total. The first-order valence-corrected chi connectivity index (χ1v) is 4.95. The van der Waals surface area contributed by atoms with Crippen LogP contribution in [0.3, 0.4) is 0 Å². The fraction of sp³-hybridized carbons (Fsp3) is 0.455. The van der Waals surface area contributed by atoms with Crippen LogP contribution in [0.15, 0.2) is 12.1 Å². The third-order valence-corrected chi connectivity index (χ3v) is 2.41. The van der Waals surface area contributed by atoms with E-state index in [2.05, 4.69) is 0 Å². The van der Waals surface area contributed by atoms with Gasteiger partial charge < -0.3 is 20.3 Å². The number of nitrogens with two attached hydrogens (primary N) is 1. The maximum atomic E-state index is 12.8. The van der Waals surface area contributed by atoms with Crippen LogP contribution in [-0.2, 0) is 0 Å². The van der Waals surface area contributed by atoms with Crippen LogP contribution in [0.2, 0.25) is 0 Å². The summed E-state index contributed by atoms with van der Waals surface area (Å²) in [5.41, 5.74) is 5.67. The molecule has 4 nitrogen and oxygen atoms in total. The van der Waals surface area contributed by atoms with Gasteiger partial charge in [-0.1, -0.05) is 0 Å². The van der Waals surface area contributed by atoms with E-state index in [1.165, 1.54) is 26.4 Å². The van der Waals surface area contributed by atoms with Crippen molar-refractivity contribution in [1.29, 1.82) is 0 Å². The summed E-state index contributed by atoms with van der Waals surface area (Å²) >= 11 is 0. The minimum atomic E-state index is -2.68. The Morgan fingerprint density at radius 2 is 1.71 bits per heavy atom. The topological polar surface area (TPSA) is 64.7 Å². The van der Waals surface area contributed by atoms with Crippen molar-refractivity contribution in [3.05, 3.63) is 23.3 Å². The summed E-state index contributed by atoms with van der Waals surface area (Å²) in [5, 5.41) is 8.96. The summed E-state index contributed by atoms with van der Waals surface area (Å²) in [4.78, 5) is 0. The Hall–Kier alpha value is -1.40. The fourth-order valence-electron chi connectivity index (χ4n) is 1.51. The normalized spacial score (nSPS) is 12.6. The van der Waals surface area contributed by atoms with Gasteiger partial charge in [-0.3, -0.25) is 0 Å². The van der Waals surface area contributed by atoms with Gasteiger partial charge in [-0.25, -0.2) is 8.78 Å². The molecule has 1 rings (SSSR count). The molecule has 0 saturated heterocycles. The molecule has 0 bridgehead atoms. The first-order valence-electron chi connectivity index (χ1n) is 4.95. The molecule has 6 heteroatoms. The van der Waals surface area contributed by atoms with Crippen molar-refractivity contribution in [3.8, 4) is 11.5 Å². The number of aliphatic hydroxyl groups excluding tert-OH is 1. The van der Waals surface area contributed by atoms with Crippen LogP contribution in [0, 0.1) is 0 Å². The SMILES string of the molecule is COc1cc(OC)c(C(N)CO)cc1C(F)F. The second kappa shape index (κ2) is 5.79. The fourth-order valence-corrected chi connectivity index (χ4v) is 1.51. The van der Waals surface area contributed by atoms with Crippen molar-refractivity contribution in [1.82, 2.24) is 0 Å². The van der Waals surface area contributed by atoms with Crippen molar-refractivity contribution in [2.75, 3.05) is 20.8 Å². The standard InChI is InChI=1S/C11H15F2NO3/c1-16-9-4-10(17-2)7(11(12)13)3-6(9)8(14)5-15/h3-4,8,11,15H,5,14H2,1-2H3. The monoisotopic (exact) mass is 247 g/mol. The zero-order chi connectivity index (χ0) is 13.0. The minimum Gasteiger partial charge on any atom is -0.496 e. The van der Waals surface area contributed by atoms with Crippen molar-refractivity contribution in [2.24, 2.45) is 5.73 Å². The van der Waals surface area contributed by atoms with E-state index in [1.807, 2.05) is 0 Å². The molecule has 1 unspecified atom stereocenters. The molecule has 0 fully saturated rings. The lowest BCUT2D eigenvalue weighted by Crippen LogP contribution is -2.16. The summed E-state index contributed by atoms with van der Waals surface area (Å²) in [6, 6.07) is 1.77. The van der Waals surface area contributed by atoms with E-state index in [1.54, 1.807) is 0 Å². The lowest BCUT2D eigenvalue weighted by atomic mass is 10.0. The second-order valence-electron chi connectivity index (χ2n) is 3.43. The van der Waals surface area contributed by atoms with Gasteiger partial charge in [0.2, 0.25) is 0 Å². The Morgan fingerprint density at radius 1 is 1.18 bits per heavy atom. The van der Waals surface area contributed by atoms with Gasteiger partial charge in [0.1, 0.15) is 11.5 Å². The van der Waals surface area contributed by atoms with E-state index >= 15 is 0 Å². The maximum Gasteiger partial charge on any atom is 0.267 e. The average Bonchev–Trinajstić information content (AvgIpc) is 2.35. The van der Waals surface area contributed by atoms with Crippen LogP contribution in [-0.4, -0.2) is 25.9 Å². The van der Waals surface area contributed by atoms with Crippen LogP contribution < -0.4 is 15.2 Å². The maximum absolute atomic E-state index is 12.8. The van der Waals surface area contributed by atoms with E-state index in [4.69, 9.17) is 20.3 Å². The summed E-state index contributed by atoms with van der Waals surface area (Å²) < 4.78 is 35.4. The highest BCUT2D eigenvalue weighted by atomic mass is 19.3. The number of rotatable bonds is 5. The van der Waals surface area contributed by atoms with Crippen LogP contribution in [0.4, 0.5) is 8.78 Å². The van der Waals surface area contributed by atoms with Crippen LogP contribution in [0.5, 0.6) is 11.5 Å². The predicted molar refractivity (Wildman–Crippen MR) is 58.5 cm³/mol. The number of alkyl halides is 2. The summed E-state index contributed by atoms with van der Waals surface area (Å²) in [6.45, 7) is -0.356. The third kappa shape index (κ3) is 2.83. The minimum absolute atomic E-state index is 0.0331. The molecular weight excluding hydrogens is 232 g/mol. The van der Waals surface area contributed by atoms with Crippen LogP contribution in [0.25, 0.3) is 0 Å². The smallest absolute Gasteiger partial charge is 0.267 e. The van der Waals surface area contributed by atoms with Gasteiger partial charge in [0, 0.05) is 11.6 Å². The molecule has 96 valence electrons. The number of aliphatic hydroxyl groups is 1. The Bertz CT molecular complexity index is 385. The Kier molecular flexibility index (Phi) is 4.65. The average molecular weight is 247 g/mol. The van der Waals surface area contributed by atoms with Crippen molar-refractivity contribution in [2.45, 2.75) is 12.5 Å². The lowest BCUT2D eigenvalue weighted by Gasteiger charge is -2.17. The molecule has 1 aromatic carbocycles. The van der Waals surface area contributed by atoms with Crippen LogP contribution >= 0.6 is 0 Å². The highest BCUT2D eigenvalue weighted by Crippen LogP contribution is 2.36. The number of benzene rings is 1. The van der Waals surface area contributed by atoms with Gasteiger partial charge >= 0.3 is 0 Å². The molecular formula is C11H15F2NO3. The van der Waals surface area contributed by atoms with Crippen molar-refractivity contribution >= 4 is 0 Å². The molecule has 0 aromatic heterocycles. The molecule has 0 amide bonds. The highest BCUT2D eigenvalue weighted by Gasteiger charge is 2.20. The van der Waals surface area contributed by atoms with E-state index in [0.717, 1.165) is 0 Å². The van der Waals surface area contributed by atoms with Gasteiger partial charge in [-0.2, -0.15) is 0 Å². The van der Waals surface area contributed by atoms with E-state index in [0.29, 0.717) is 11.3 Å². The Labute approximate surface area is 97.9 Å². The van der Waals surface area contributed by atoms with Gasteiger partial charge in [0.25, 0.3) is 6.43 Å². The van der Waals surface area contributed by atoms with E-state index in [9.17, 15) is 8.78 Å². The quantitative estimate of drug-likeness (QED) is 0.830. The number of halogens is 2. The lowest BCUT2D eigenvalue weighted by molar-refractivity contribution is 0.146. The number of ether oxygens (including phenoxy) is 2. The summed E-state index contributed by atoms with van der Waals surface area (Å²) in [7, 11) is 2.69. The molecule has 17 heavy (non-hydrogen) atoms. The van der Waals surface area contributed by atoms with Crippen molar-refractivity contribution < 1.29 is 23.4 Å². The molecule has 0 aliphatic carbocycles. The van der Waals surface area contributed by atoms with Gasteiger partial charge in [0.05, 0.1) is 32.4 Å². The zero-order valence-electron chi connectivity index (χ0n) is 9.61.